The van der Waals surface area contributed by atoms with Crippen molar-refractivity contribution in [2.45, 2.75) is 6.54 Å². The molecule has 0 amide bonds. The molecule has 2 heterocycles. The van der Waals surface area contributed by atoms with Gasteiger partial charge in [-0.15, -0.1) is 0 Å². The Morgan fingerprint density at radius 2 is 2.33 bits per heavy atom. The second kappa shape index (κ2) is 4.14. The molecular weight excluding hydrogens is 216 g/mol. The third-order valence-electron chi connectivity index (χ3n) is 1.82. The molecule has 0 spiro atoms. The molecule has 0 aliphatic rings. The van der Waals surface area contributed by atoms with Crippen LogP contribution in [0.5, 0.6) is 0 Å². The summed E-state index contributed by atoms with van der Waals surface area (Å²) in [6.45, 7) is 0.449. The summed E-state index contributed by atoms with van der Waals surface area (Å²) in [7, 11) is 0. The van der Waals surface area contributed by atoms with Crippen LogP contribution in [0.3, 0.4) is 0 Å². The van der Waals surface area contributed by atoms with Crippen LogP contribution in [0.25, 0.3) is 0 Å². The normalized spacial score (nSPS) is 10.1. The quantitative estimate of drug-likeness (QED) is 0.640. The largest absolute Gasteiger partial charge is 0.433 e. The minimum atomic E-state index is -0.548. The highest BCUT2D eigenvalue weighted by atomic mass is 32.1. The van der Waals surface area contributed by atoms with Crippen molar-refractivity contribution < 1.29 is 9.34 Å². The van der Waals surface area contributed by atoms with Crippen LogP contribution in [0.1, 0.15) is 5.76 Å². The van der Waals surface area contributed by atoms with Crippen molar-refractivity contribution in [3.8, 4) is 0 Å². The molecule has 0 aromatic carbocycles. The maximum atomic E-state index is 10.3. The van der Waals surface area contributed by atoms with E-state index in [4.69, 9.17) is 4.42 Å². The van der Waals surface area contributed by atoms with Gasteiger partial charge in [-0.25, -0.2) is 0 Å². The molecule has 2 aromatic heterocycles. The zero-order valence-electron chi connectivity index (χ0n) is 7.67. The van der Waals surface area contributed by atoms with Crippen molar-refractivity contribution in [3.63, 3.8) is 0 Å². The van der Waals surface area contributed by atoms with Crippen molar-refractivity contribution >= 4 is 22.9 Å². The van der Waals surface area contributed by atoms with Gasteiger partial charge in [-0.2, -0.15) is 11.3 Å². The number of thiophene rings is 1. The van der Waals surface area contributed by atoms with Gasteiger partial charge in [0.25, 0.3) is 0 Å². The molecule has 2 rings (SSSR count). The second-order valence-corrected chi connectivity index (χ2v) is 3.64. The molecule has 2 aromatic rings. The number of anilines is 1. The predicted molar refractivity (Wildman–Crippen MR) is 57.0 cm³/mol. The predicted octanol–water partition coefficient (Wildman–Crippen LogP) is 2.86. The van der Waals surface area contributed by atoms with Gasteiger partial charge >= 0.3 is 5.88 Å². The fourth-order valence-corrected chi connectivity index (χ4v) is 1.73. The van der Waals surface area contributed by atoms with Crippen LogP contribution in [-0.4, -0.2) is 4.92 Å². The lowest BCUT2D eigenvalue weighted by atomic mass is 10.4. The molecule has 0 saturated heterocycles. The van der Waals surface area contributed by atoms with Crippen molar-refractivity contribution in [3.05, 3.63) is 44.8 Å². The van der Waals surface area contributed by atoms with Gasteiger partial charge in [0.15, 0.2) is 0 Å². The molecule has 0 atom stereocenters. The van der Waals surface area contributed by atoms with E-state index in [9.17, 15) is 10.1 Å². The molecule has 0 bridgehead atoms. The Hall–Kier alpha value is -1.82. The van der Waals surface area contributed by atoms with Crippen LogP contribution in [-0.2, 0) is 6.54 Å². The van der Waals surface area contributed by atoms with E-state index in [0.29, 0.717) is 12.3 Å². The average molecular weight is 224 g/mol. The first-order valence-electron chi connectivity index (χ1n) is 4.25. The van der Waals surface area contributed by atoms with E-state index in [1.165, 1.54) is 6.07 Å². The number of rotatable bonds is 4. The molecule has 78 valence electrons. The summed E-state index contributed by atoms with van der Waals surface area (Å²) in [5.41, 5.74) is 0.985. The van der Waals surface area contributed by atoms with Gasteiger partial charge in [-0.05, 0) is 17.5 Å². The van der Waals surface area contributed by atoms with Crippen molar-refractivity contribution in [1.29, 1.82) is 0 Å². The Morgan fingerprint density at radius 3 is 2.93 bits per heavy atom. The smallest absolute Gasteiger partial charge is 0.404 e. The molecule has 5 nitrogen and oxygen atoms in total. The first kappa shape index (κ1) is 9.72. The van der Waals surface area contributed by atoms with E-state index >= 15 is 0 Å². The summed E-state index contributed by atoms with van der Waals surface area (Å²) >= 11 is 1.58. The van der Waals surface area contributed by atoms with Crippen LogP contribution >= 0.6 is 11.3 Å². The van der Waals surface area contributed by atoms with Crippen molar-refractivity contribution in [2.24, 2.45) is 0 Å². The van der Waals surface area contributed by atoms with Crippen LogP contribution in [0, 0.1) is 10.1 Å². The summed E-state index contributed by atoms with van der Waals surface area (Å²) in [5.74, 6) is 0.324. The third kappa shape index (κ3) is 2.35. The molecule has 6 heteroatoms. The maximum Gasteiger partial charge on any atom is 0.433 e. The van der Waals surface area contributed by atoms with E-state index in [1.54, 1.807) is 17.4 Å². The minimum Gasteiger partial charge on any atom is -0.404 e. The molecule has 0 aliphatic carbocycles. The lowest BCUT2D eigenvalue weighted by molar-refractivity contribution is -0.402. The first-order valence-corrected chi connectivity index (χ1v) is 5.19. The van der Waals surface area contributed by atoms with Crippen LogP contribution in [0.4, 0.5) is 11.6 Å². The van der Waals surface area contributed by atoms with E-state index in [1.807, 2.05) is 16.8 Å². The van der Waals surface area contributed by atoms with E-state index in [-0.39, 0.29) is 5.88 Å². The van der Waals surface area contributed by atoms with Gasteiger partial charge in [-0.3, -0.25) is 10.1 Å². The van der Waals surface area contributed by atoms with Gasteiger partial charge < -0.3 is 9.73 Å². The number of hydrogen-bond acceptors (Lipinski definition) is 5. The Morgan fingerprint density at radius 1 is 1.47 bits per heavy atom. The molecule has 0 radical (unpaired) electrons. The Bertz CT molecular complexity index is 450. The average Bonchev–Trinajstić information content (AvgIpc) is 2.86. The van der Waals surface area contributed by atoms with E-state index < -0.39 is 4.92 Å². The van der Waals surface area contributed by atoms with E-state index in [2.05, 4.69) is 5.32 Å². The van der Waals surface area contributed by atoms with E-state index in [0.717, 1.165) is 5.69 Å². The zero-order valence-corrected chi connectivity index (χ0v) is 8.49. The summed E-state index contributed by atoms with van der Waals surface area (Å²) in [6.07, 6.45) is 0. The highest BCUT2D eigenvalue weighted by Gasteiger charge is 2.11. The third-order valence-corrected chi connectivity index (χ3v) is 2.50. The lowest BCUT2D eigenvalue weighted by Crippen LogP contribution is -1.96. The number of nitrogens with one attached hydrogen (secondary N) is 1. The SMILES string of the molecule is O=[N+]([O-])c1ccc(CNc2ccsc2)o1. The highest BCUT2D eigenvalue weighted by Crippen LogP contribution is 2.18. The molecule has 0 unspecified atom stereocenters. The Balaban J connectivity index is 1.96. The first-order chi connectivity index (χ1) is 7.25. The topological polar surface area (TPSA) is 68.3 Å². The van der Waals surface area contributed by atoms with Gasteiger partial charge in [0.2, 0.25) is 0 Å². The Kier molecular flexibility index (Phi) is 2.68. The number of furan rings is 1. The van der Waals surface area contributed by atoms with Crippen molar-refractivity contribution in [1.82, 2.24) is 0 Å². The van der Waals surface area contributed by atoms with Gasteiger partial charge in [0.05, 0.1) is 12.6 Å². The highest BCUT2D eigenvalue weighted by molar-refractivity contribution is 7.08. The van der Waals surface area contributed by atoms with Gasteiger partial charge in [0.1, 0.15) is 10.7 Å². The standard InChI is InChI=1S/C9H8N2O3S/c12-11(13)9-2-1-8(14-9)5-10-7-3-4-15-6-7/h1-4,6,10H,5H2. The number of nitrogens with zero attached hydrogens (tertiary/aromatic N) is 1. The van der Waals surface area contributed by atoms with Crippen LogP contribution < -0.4 is 5.32 Å². The fraction of sp³-hybridized carbons (Fsp3) is 0.111. The summed E-state index contributed by atoms with van der Waals surface area (Å²) in [6, 6.07) is 4.88. The molecular formula is C9H8N2O3S. The van der Waals surface area contributed by atoms with Crippen LogP contribution in [0.15, 0.2) is 33.4 Å². The number of nitro groups is 1. The lowest BCUT2D eigenvalue weighted by Gasteiger charge is -1.98. The summed E-state index contributed by atoms with van der Waals surface area (Å²) in [4.78, 5) is 9.79. The zero-order chi connectivity index (χ0) is 10.7. The molecule has 0 aliphatic heterocycles. The molecule has 0 saturated carbocycles. The molecule has 1 N–H and O–H groups in total. The summed E-state index contributed by atoms with van der Waals surface area (Å²) in [5, 5.41) is 17.3. The van der Waals surface area contributed by atoms with Gasteiger partial charge in [0, 0.05) is 11.1 Å². The maximum absolute atomic E-state index is 10.3. The van der Waals surface area contributed by atoms with Crippen LogP contribution in [0.2, 0.25) is 0 Å². The monoisotopic (exact) mass is 224 g/mol. The molecule has 0 fully saturated rings. The Labute approximate surface area is 89.5 Å². The molecule has 15 heavy (non-hydrogen) atoms. The minimum absolute atomic E-state index is 0.225. The second-order valence-electron chi connectivity index (χ2n) is 2.86. The fourth-order valence-electron chi connectivity index (χ4n) is 1.11. The number of hydrogen-bond donors (Lipinski definition) is 1. The van der Waals surface area contributed by atoms with Crippen molar-refractivity contribution in [2.75, 3.05) is 5.32 Å². The summed E-state index contributed by atoms with van der Waals surface area (Å²) < 4.78 is 4.99. The van der Waals surface area contributed by atoms with Gasteiger partial charge in [-0.1, -0.05) is 0 Å².